The lowest BCUT2D eigenvalue weighted by Crippen LogP contribution is -2.26. The van der Waals surface area contributed by atoms with Gasteiger partial charge in [-0.3, -0.25) is 4.79 Å². The van der Waals surface area contributed by atoms with E-state index in [1.54, 1.807) is 29.9 Å². The van der Waals surface area contributed by atoms with Crippen molar-refractivity contribution in [2.45, 2.75) is 30.7 Å². The molecule has 1 aromatic heterocycles. The number of carbonyl (C=O) groups is 1. The Kier molecular flexibility index (Phi) is 4.13. The van der Waals surface area contributed by atoms with E-state index < -0.39 is 0 Å². The van der Waals surface area contributed by atoms with Crippen LogP contribution in [0.25, 0.3) is 10.9 Å². The first-order valence-electron chi connectivity index (χ1n) is 8.72. The number of aliphatic imine (C=N–C) groups is 2. The molecule has 5 nitrogen and oxygen atoms in total. The van der Waals surface area contributed by atoms with Crippen molar-refractivity contribution in [1.29, 1.82) is 0 Å². The number of amides is 1. The van der Waals surface area contributed by atoms with Gasteiger partial charge < -0.3 is 0 Å². The van der Waals surface area contributed by atoms with Crippen LogP contribution in [0.3, 0.4) is 0 Å². The molecule has 0 radical (unpaired) electrons. The number of hydrogen-bond donors (Lipinski definition) is 0. The summed E-state index contributed by atoms with van der Waals surface area (Å²) in [6, 6.07) is 7.93. The van der Waals surface area contributed by atoms with Crippen molar-refractivity contribution < 1.29 is 4.79 Å². The Labute approximate surface area is 159 Å². The number of hydrogen-bond acceptors (Lipinski definition) is 6. The number of rotatable bonds is 3. The molecule has 0 saturated carbocycles. The van der Waals surface area contributed by atoms with Crippen molar-refractivity contribution >= 4 is 51.2 Å². The molecule has 7 heteroatoms. The molecule has 2 aliphatic heterocycles. The Balaban J connectivity index is 1.37. The first-order chi connectivity index (χ1) is 12.8. The topological polar surface area (TPSA) is 67.6 Å². The number of amidine groups is 1. The van der Waals surface area contributed by atoms with Crippen LogP contribution in [-0.2, 0) is 4.79 Å². The second kappa shape index (κ2) is 6.63. The molecule has 3 aliphatic rings. The van der Waals surface area contributed by atoms with Crippen LogP contribution in [0.15, 0.2) is 56.1 Å². The van der Waals surface area contributed by atoms with Gasteiger partial charge in [-0.15, -0.1) is 0 Å². The Morgan fingerprint density at radius 1 is 1.12 bits per heavy atom. The molecule has 3 heterocycles. The third kappa shape index (κ3) is 2.79. The fourth-order valence-corrected chi connectivity index (χ4v) is 5.84. The van der Waals surface area contributed by atoms with Crippen molar-refractivity contribution in [3.63, 3.8) is 0 Å². The lowest BCUT2D eigenvalue weighted by molar-refractivity contribution is -0.118. The maximum atomic E-state index is 12.6. The van der Waals surface area contributed by atoms with Crippen LogP contribution in [0.4, 0.5) is 0 Å². The van der Waals surface area contributed by atoms with E-state index in [-0.39, 0.29) is 11.8 Å². The summed E-state index contributed by atoms with van der Waals surface area (Å²) < 4.78 is 0. The predicted molar refractivity (Wildman–Crippen MR) is 107 cm³/mol. The largest absolute Gasteiger partial charge is 0.271 e. The van der Waals surface area contributed by atoms with E-state index in [4.69, 9.17) is 4.99 Å². The molecular weight excluding hydrogens is 364 g/mol. The van der Waals surface area contributed by atoms with Crippen LogP contribution in [0.1, 0.15) is 25.7 Å². The highest BCUT2D eigenvalue weighted by Gasteiger charge is 2.40. The number of aromatic nitrogens is 2. The molecule has 1 amide bonds. The SMILES string of the molecule is O=C1N=C(CSc2ncnc3ccccc23)N=C2SC3=C(CCCC3)C12. The standard InChI is InChI=1S/C19H16N4OS2/c24-17-16-12-6-2-4-8-14(12)26-19(16)23-15(22-17)9-25-18-11-5-1-3-7-13(11)20-10-21-18/h1,3,5,7,10,16H,2,4,6,8-9H2. The van der Waals surface area contributed by atoms with Crippen molar-refractivity contribution in [2.24, 2.45) is 15.9 Å². The molecule has 0 fully saturated rings. The molecule has 1 atom stereocenters. The molecule has 2 aromatic rings. The Morgan fingerprint density at radius 2 is 2.00 bits per heavy atom. The van der Waals surface area contributed by atoms with Gasteiger partial charge in [-0.25, -0.2) is 15.0 Å². The Bertz CT molecular complexity index is 1010. The van der Waals surface area contributed by atoms with Crippen molar-refractivity contribution in [1.82, 2.24) is 9.97 Å². The molecule has 0 spiro atoms. The van der Waals surface area contributed by atoms with Gasteiger partial charge in [0.1, 0.15) is 23.1 Å². The van der Waals surface area contributed by atoms with Gasteiger partial charge in [0.05, 0.1) is 16.3 Å². The highest BCUT2D eigenvalue weighted by atomic mass is 32.2. The van der Waals surface area contributed by atoms with Gasteiger partial charge in [0.15, 0.2) is 0 Å². The minimum atomic E-state index is -0.191. The summed E-state index contributed by atoms with van der Waals surface area (Å²) in [4.78, 5) is 31.7. The van der Waals surface area contributed by atoms with E-state index in [2.05, 4.69) is 15.0 Å². The minimum Gasteiger partial charge on any atom is -0.271 e. The summed E-state index contributed by atoms with van der Waals surface area (Å²) in [6.45, 7) is 0. The van der Waals surface area contributed by atoms with E-state index in [9.17, 15) is 4.79 Å². The maximum absolute atomic E-state index is 12.6. The van der Waals surface area contributed by atoms with Crippen LogP contribution in [0, 0.1) is 5.92 Å². The third-order valence-corrected chi connectivity index (χ3v) is 7.10. The zero-order valence-electron chi connectivity index (χ0n) is 14.0. The summed E-state index contributed by atoms with van der Waals surface area (Å²) in [7, 11) is 0. The molecule has 1 unspecified atom stereocenters. The zero-order valence-corrected chi connectivity index (χ0v) is 15.6. The molecular formula is C19H16N4OS2. The van der Waals surface area contributed by atoms with E-state index in [0.29, 0.717) is 11.6 Å². The van der Waals surface area contributed by atoms with E-state index in [1.165, 1.54) is 23.3 Å². The van der Waals surface area contributed by atoms with Gasteiger partial charge in [-0.1, -0.05) is 41.7 Å². The maximum Gasteiger partial charge on any atom is 0.261 e. The molecule has 0 N–H and O–H groups in total. The molecule has 5 rings (SSSR count). The van der Waals surface area contributed by atoms with Crippen LogP contribution < -0.4 is 0 Å². The number of carbonyl (C=O) groups excluding carboxylic acids is 1. The predicted octanol–water partition coefficient (Wildman–Crippen LogP) is 4.25. The average Bonchev–Trinajstić information content (AvgIpc) is 3.05. The Morgan fingerprint density at radius 3 is 2.96 bits per heavy atom. The highest BCUT2D eigenvalue weighted by Crippen LogP contribution is 2.47. The van der Waals surface area contributed by atoms with Crippen molar-refractivity contribution in [3.05, 3.63) is 41.1 Å². The number of allylic oxidation sites excluding steroid dienone is 1. The van der Waals surface area contributed by atoms with Crippen LogP contribution in [0.5, 0.6) is 0 Å². The number of benzene rings is 1. The smallest absolute Gasteiger partial charge is 0.261 e. The van der Waals surface area contributed by atoms with Gasteiger partial charge in [0.25, 0.3) is 5.91 Å². The fraction of sp³-hybridized carbons (Fsp3) is 0.316. The van der Waals surface area contributed by atoms with E-state index >= 15 is 0 Å². The van der Waals surface area contributed by atoms with Gasteiger partial charge in [-0.05, 0) is 42.2 Å². The molecule has 1 aromatic carbocycles. The lowest BCUT2D eigenvalue weighted by atomic mass is 9.89. The van der Waals surface area contributed by atoms with Crippen LogP contribution >= 0.6 is 23.5 Å². The summed E-state index contributed by atoms with van der Waals surface area (Å²) in [6.07, 6.45) is 6.06. The van der Waals surface area contributed by atoms with Gasteiger partial charge in [0.2, 0.25) is 0 Å². The lowest BCUT2D eigenvalue weighted by Gasteiger charge is -2.18. The Hall–Kier alpha value is -1.99. The van der Waals surface area contributed by atoms with Crippen molar-refractivity contribution in [2.75, 3.05) is 5.75 Å². The van der Waals surface area contributed by atoms with Crippen LogP contribution in [0.2, 0.25) is 0 Å². The first kappa shape index (κ1) is 16.2. The fourth-order valence-electron chi connectivity index (χ4n) is 3.64. The van der Waals surface area contributed by atoms with Crippen LogP contribution in [-0.4, -0.2) is 32.5 Å². The normalized spacial score (nSPS) is 22.2. The molecule has 0 saturated heterocycles. The number of para-hydroxylation sites is 1. The van der Waals surface area contributed by atoms with E-state index in [1.807, 2.05) is 24.3 Å². The number of thioether (sulfide) groups is 2. The second-order valence-corrected chi connectivity index (χ2v) is 8.57. The molecule has 0 bridgehead atoms. The summed E-state index contributed by atoms with van der Waals surface area (Å²) >= 11 is 3.26. The summed E-state index contributed by atoms with van der Waals surface area (Å²) in [5.74, 6) is 0.900. The average molecular weight is 380 g/mol. The van der Waals surface area contributed by atoms with Gasteiger partial charge in [-0.2, -0.15) is 4.99 Å². The van der Waals surface area contributed by atoms with Crippen molar-refractivity contribution in [3.8, 4) is 0 Å². The number of fused-ring (bicyclic) bond motifs is 3. The highest BCUT2D eigenvalue weighted by molar-refractivity contribution is 8.17. The monoisotopic (exact) mass is 380 g/mol. The van der Waals surface area contributed by atoms with Gasteiger partial charge >= 0.3 is 0 Å². The molecule has 130 valence electrons. The third-order valence-electron chi connectivity index (χ3n) is 4.85. The zero-order chi connectivity index (χ0) is 17.5. The van der Waals surface area contributed by atoms with Gasteiger partial charge in [0, 0.05) is 5.39 Å². The number of nitrogens with zero attached hydrogens (tertiary/aromatic N) is 4. The van der Waals surface area contributed by atoms with E-state index in [0.717, 1.165) is 33.8 Å². The quantitative estimate of drug-likeness (QED) is 0.588. The second-order valence-electron chi connectivity index (χ2n) is 6.49. The molecule has 1 aliphatic carbocycles. The first-order valence-corrected chi connectivity index (χ1v) is 10.5. The minimum absolute atomic E-state index is 0.0439. The summed E-state index contributed by atoms with van der Waals surface area (Å²) in [5, 5.41) is 2.84. The summed E-state index contributed by atoms with van der Waals surface area (Å²) in [5.41, 5.74) is 2.20. The molecule has 26 heavy (non-hydrogen) atoms.